The van der Waals surface area contributed by atoms with Crippen molar-refractivity contribution in [3.8, 4) is 0 Å². The maximum Gasteiger partial charge on any atom is 0.307 e. The van der Waals surface area contributed by atoms with E-state index in [9.17, 15) is 9.59 Å². The van der Waals surface area contributed by atoms with Crippen molar-refractivity contribution in [3.63, 3.8) is 0 Å². The van der Waals surface area contributed by atoms with E-state index in [1.54, 1.807) is 12.1 Å². The number of hydrogen-bond acceptors (Lipinski definition) is 3. The van der Waals surface area contributed by atoms with E-state index >= 15 is 0 Å². The van der Waals surface area contributed by atoms with Crippen molar-refractivity contribution in [2.75, 3.05) is 25.0 Å². The summed E-state index contributed by atoms with van der Waals surface area (Å²) in [6.07, 6.45) is 0.596. The zero-order valence-corrected chi connectivity index (χ0v) is 13.2. The summed E-state index contributed by atoms with van der Waals surface area (Å²) in [6.45, 7) is 3.16. The van der Waals surface area contributed by atoms with Crippen LogP contribution < -0.4 is 5.32 Å². The van der Waals surface area contributed by atoms with Crippen molar-refractivity contribution in [1.82, 2.24) is 4.90 Å². The number of carbonyl (C=O) groups excluding carboxylic acids is 1. The highest BCUT2D eigenvalue weighted by Gasteiger charge is 2.28. The van der Waals surface area contributed by atoms with Gasteiger partial charge in [0.25, 0.3) is 0 Å². The molecule has 0 saturated carbocycles. The molecule has 1 amide bonds. The number of carbonyl (C=O) groups is 2. The van der Waals surface area contributed by atoms with Gasteiger partial charge in [-0.25, -0.2) is 0 Å². The van der Waals surface area contributed by atoms with E-state index in [2.05, 4.69) is 5.32 Å². The van der Waals surface area contributed by atoms with E-state index in [0.29, 0.717) is 30.2 Å². The van der Waals surface area contributed by atoms with Crippen LogP contribution in [0.15, 0.2) is 18.2 Å². The number of nitrogens with one attached hydrogen (secondary N) is 1. The molecule has 0 aliphatic carbocycles. The number of anilines is 1. The second-order valence-corrected chi connectivity index (χ2v) is 5.50. The largest absolute Gasteiger partial charge is 0.481 e. The second kappa shape index (κ2) is 7.64. The minimum Gasteiger partial charge on any atom is -0.481 e. The number of hydrogen-bond donors (Lipinski definition) is 2. The van der Waals surface area contributed by atoms with Gasteiger partial charge in [-0.05, 0) is 37.6 Å². The van der Waals surface area contributed by atoms with Gasteiger partial charge in [0.15, 0.2) is 0 Å². The monoisotopic (exact) mass is 332 g/mol. The van der Waals surface area contributed by atoms with Gasteiger partial charge in [-0.3, -0.25) is 14.5 Å². The number of carboxylic acid groups (broad SMARTS) is 1. The van der Waals surface area contributed by atoms with Crippen molar-refractivity contribution >= 4 is 41.6 Å². The maximum atomic E-state index is 12.0. The van der Waals surface area contributed by atoms with E-state index in [4.69, 9.17) is 16.7 Å². The molecule has 1 aliphatic rings. The number of likely N-dealkylation sites (tertiary alicyclic amines) is 1. The molecule has 1 saturated heterocycles. The number of benzene rings is 1. The highest BCUT2D eigenvalue weighted by molar-refractivity contribution is 6.31. The van der Waals surface area contributed by atoms with Crippen LogP contribution in [-0.4, -0.2) is 41.5 Å². The van der Waals surface area contributed by atoms with Gasteiger partial charge in [0.2, 0.25) is 5.91 Å². The van der Waals surface area contributed by atoms with Gasteiger partial charge in [-0.15, -0.1) is 12.4 Å². The highest BCUT2D eigenvalue weighted by atomic mass is 35.5. The maximum absolute atomic E-state index is 12.0. The summed E-state index contributed by atoms with van der Waals surface area (Å²) < 4.78 is 0. The Labute approximate surface area is 134 Å². The number of nitrogens with zero attached hydrogens (tertiary/aromatic N) is 1. The lowest BCUT2D eigenvalue weighted by Crippen LogP contribution is -2.32. The Balaban J connectivity index is 0.00000220. The first-order valence-corrected chi connectivity index (χ1v) is 6.84. The number of rotatable bonds is 4. The molecule has 1 fully saturated rings. The molecule has 1 aromatic carbocycles. The fraction of sp³-hybridized carbons (Fsp3) is 0.429. The van der Waals surface area contributed by atoms with Crippen LogP contribution in [0.3, 0.4) is 0 Å². The van der Waals surface area contributed by atoms with Gasteiger partial charge in [0, 0.05) is 17.3 Å². The molecule has 0 radical (unpaired) electrons. The standard InChI is InChI=1S/C14H17ClN2O3.ClH/c1-9-2-3-11(15)6-12(9)16-13(18)8-17-5-4-10(7-17)14(19)20;/h2-3,6,10H,4-5,7-8H2,1H3,(H,16,18)(H,19,20);1H. The third kappa shape index (κ3) is 4.88. The molecule has 2 rings (SSSR count). The second-order valence-electron chi connectivity index (χ2n) is 5.07. The van der Waals surface area contributed by atoms with Gasteiger partial charge in [0.1, 0.15) is 0 Å². The Morgan fingerprint density at radius 1 is 1.48 bits per heavy atom. The molecule has 1 aromatic rings. The highest BCUT2D eigenvalue weighted by Crippen LogP contribution is 2.21. The molecule has 1 heterocycles. The molecule has 0 aromatic heterocycles. The molecule has 1 aliphatic heterocycles. The summed E-state index contributed by atoms with van der Waals surface area (Å²) in [5, 5.41) is 12.3. The Kier molecular flexibility index (Phi) is 6.45. The molecule has 1 atom stereocenters. The fourth-order valence-corrected chi connectivity index (χ4v) is 2.47. The lowest BCUT2D eigenvalue weighted by atomic mass is 10.1. The number of carboxylic acids is 1. The van der Waals surface area contributed by atoms with Crippen LogP contribution in [0.2, 0.25) is 5.02 Å². The van der Waals surface area contributed by atoms with E-state index in [-0.39, 0.29) is 30.8 Å². The summed E-state index contributed by atoms with van der Waals surface area (Å²) in [4.78, 5) is 24.7. The first-order chi connectivity index (χ1) is 9.45. The SMILES string of the molecule is Cc1ccc(Cl)cc1NC(=O)CN1CCC(C(=O)O)C1.Cl. The van der Waals surface area contributed by atoms with Crippen LogP contribution in [0.1, 0.15) is 12.0 Å². The number of aliphatic carboxylic acids is 1. The first-order valence-electron chi connectivity index (χ1n) is 6.47. The van der Waals surface area contributed by atoms with Crippen LogP contribution in [0, 0.1) is 12.8 Å². The van der Waals surface area contributed by atoms with Crippen molar-refractivity contribution in [3.05, 3.63) is 28.8 Å². The van der Waals surface area contributed by atoms with Gasteiger partial charge < -0.3 is 10.4 Å². The van der Waals surface area contributed by atoms with Crippen LogP contribution >= 0.6 is 24.0 Å². The molecule has 7 heteroatoms. The molecule has 5 nitrogen and oxygen atoms in total. The summed E-state index contributed by atoms with van der Waals surface area (Å²) >= 11 is 5.90. The van der Waals surface area contributed by atoms with E-state index < -0.39 is 5.97 Å². The summed E-state index contributed by atoms with van der Waals surface area (Å²) in [6, 6.07) is 5.32. The third-order valence-electron chi connectivity index (χ3n) is 3.46. The molecular formula is C14H18Cl2N2O3. The third-order valence-corrected chi connectivity index (χ3v) is 3.70. The predicted octanol–water partition coefficient (Wildman–Crippen LogP) is 2.42. The summed E-state index contributed by atoms with van der Waals surface area (Å²) in [7, 11) is 0. The number of halogens is 2. The normalized spacial score (nSPS) is 18.1. The summed E-state index contributed by atoms with van der Waals surface area (Å²) in [5.74, 6) is -1.31. The van der Waals surface area contributed by atoms with Gasteiger partial charge >= 0.3 is 5.97 Å². The smallest absolute Gasteiger partial charge is 0.307 e. The number of amides is 1. The van der Waals surface area contributed by atoms with Crippen LogP contribution in [-0.2, 0) is 9.59 Å². The Bertz CT molecular complexity index is 537. The van der Waals surface area contributed by atoms with Crippen LogP contribution in [0.25, 0.3) is 0 Å². The molecule has 21 heavy (non-hydrogen) atoms. The van der Waals surface area contributed by atoms with Crippen LogP contribution in [0.4, 0.5) is 5.69 Å². The average Bonchev–Trinajstić information content (AvgIpc) is 2.82. The molecule has 2 N–H and O–H groups in total. The van der Waals surface area contributed by atoms with E-state index in [1.165, 1.54) is 0 Å². The Morgan fingerprint density at radius 3 is 2.81 bits per heavy atom. The molecule has 0 bridgehead atoms. The minimum absolute atomic E-state index is 0. The zero-order valence-electron chi connectivity index (χ0n) is 11.6. The Hall–Kier alpha value is -1.30. The molecule has 1 unspecified atom stereocenters. The van der Waals surface area contributed by atoms with Gasteiger partial charge in [0.05, 0.1) is 12.5 Å². The van der Waals surface area contributed by atoms with Crippen molar-refractivity contribution in [2.24, 2.45) is 5.92 Å². The van der Waals surface area contributed by atoms with Crippen molar-refractivity contribution in [1.29, 1.82) is 0 Å². The van der Waals surface area contributed by atoms with E-state index in [1.807, 2.05) is 17.9 Å². The van der Waals surface area contributed by atoms with Crippen molar-refractivity contribution in [2.45, 2.75) is 13.3 Å². The molecule has 0 spiro atoms. The lowest BCUT2D eigenvalue weighted by Gasteiger charge is -2.15. The topological polar surface area (TPSA) is 69.6 Å². The van der Waals surface area contributed by atoms with Crippen molar-refractivity contribution < 1.29 is 14.7 Å². The van der Waals surface area contributed by atoms with Gasteiger partial charge in [-0.2, -0.15) is 0 Å². The molecular weight excluding hydrogens is 315 g/mol. The number of aryl methyl sites for hydroxylation is 1. The fourth-order valence-electron chi connectivity index (χ4n) is 2.30. The van der Waals surface area contributed by atoms with E-state index in [0.717, 1.165) is 5.56 Å². The first kappa shape index (κ1) is 17.8. The zero-order chi connectivity index (χ0) is 14.7. The minimum atomic E-state index is -0.793. The average molecular weight is 333 g/mol. The predicted molar refractivity (Wildman–Crippen MR) is 84.2 cm³/mol. The lowest BCUT2D eigenvalue weighted by molar-refractivity contribution is -0.141. The quantitative estimate of drug-likeness (QED) is 0.888. The van der Waals surface area contributed by atoms with Crippen LogP contribution in [0.5, 0.6) is 0 Å². The van der Waals surface area contributed by atoms with Gasteiger partial charge in [-0.1, -0.05) is 17.7 Å². The summed E-state index contributed by atoms with van der Waals surface area (Å²) in [5.41, 5.74) is 1.63. The molecule has 116 valence electrons. The Morgan fingerprint density at radius 2 is 2.19 bits per heavy atom.